The Labute approximate surface area is 119 Å². The first-order valence-corrected chi connectivity index (χ1v) is 6.22. The summed E-state index contributed by atoms with van der Waals surface area (Å²) in [7, 11) is 0. The number of nitrogens with zero attached hydrogens (tertiary/aromatic N) is 2. The standard InChI is InChI=1S/C12H15N3O6/c1-2-3-9(12(18)19)13-10(16)7-14-6-8(15(20)21)4-5-11(14)17/h4-6,9H,2-3,7H2,1H3,(H,13,16)(H,18,19). The van der Waals surface area contributed by atoms with Crippen molar-refractivity contribution in [2.75, 3.05) is 0 Å². The van der Waals surface area contributed by atoms with Crippen LogP contribution in [0.2, 0.25) is 0 Å². The van der Waals surface area contributed by atoms with Crippen molar-refractivity contribution >= 4 is 17.6 Å². The first kappa shape index (κ1) is 16.3. The summed E-state index contributed by atoms with van der Waals surface area (Å²) in [5, 5.41) is 21.8. The van der Waals surface area contributed by atoms with Gasteiger partial charge in [0.25, 0.3) is 11.2 Å². The maximum Gasteiger partial charge on any atom is 0.326 e. The summed E-state index contributed by atoms with van der Waals surface area (Å²) in [4.78, 5) is 44.1. The van der Waals surface area contributed by atoms with Crippen molar-refractivity contribution in [3.8, 4) is 0 Å². The molecule has 0 saturated carbocycles. The molecule has 0 radical (unpaired) electrons. The number of carboxylic acid groups (broad SMARTS) is 1. The van der Waals surface area contributed by atoms with Crippen LogP contribution in [0.4, 0.5) is 5.69 Å². The molecule has 21 heavy (non-hydrogen) atoms. The lowest BCUT2D eigenvalue weighted by molar-refractivity contribution is -0.385. The number of amides is 1. The summed E-state index contributed by atoms with van der Waals surface area (Å²) < 4.78 is 0.859. The van der Waals surface area contributed by atoms with Crippen LogP contribution < -0.4 is 10.9 Å². The van der Waals surface area contributed by atoms with E-state index in [1.165, 1.54) is 0 Å². The molecule has 1 rings (SSSR count). The average molecular weight is 297 g/mol. The van der Waals surface area contributed by atoms with Crippen molar-refractivity contribution in [2.24, 2.45) is 0 Å². The molecular weight excluding hydrogens is 282 g/mol. The highest BCUT2D eigenvalue weighted by Crippen LogP contribution is 2.06. The van der Waals surface area contributed by atoms with Gasteiger partial charge in [0, 0.05) is 12.1 Å². The van der Waals surface area contributed by atoms with E-state index in [1.807, 2.05) is 0 Å². The van der Waals surface area contributed by atoms with Crippen LogP contribution in [0.5, 0.6) is 0 Å². The van der Waals surface area contributed by atoms with E-state index >= 15 is 0 Å². The van der Waals surface area contributed by atoms with Crippen molar-refractivity contribution in [1.82, 2.24) is 9.88 Å². The van der Waals surface area contributed by atoms with Gasteiger partial charge in [0.15, 0.2) is 0 Å². The minimum Gasteiger partial charge on any atom is -0.480 e. The Hall–Kier alpha value is -2.71. The molecule has 1 heterocycles. The summed E-state index contributed by atoms with van der Waals surface area (Å²) >= 11 is 0. The minimum absolute atomic E-state index is 0.255. The minimum atomic E-state index is -1.17. The average Bonchev–Trinajstić information content (AvgIpc) is 2.40. The number of carbonyl (C=O) groups excluding carboxylic acids is 1. The van der Waals surface area contributed by atoms with Gasteiger partial charge in [-0.15, -0.1) is 0 Å². The maximum atomic E-state index is 11.7. The molecule has 1 amide bonds. The second-order valence-electron chi connectivity index (χ2n) is 4.36. The lowest BCUT2D eigenvalue weighted by Gasteiger charge is -2.14. The fraction of sp³-hybridized carbons (Fsp3) is 0.417. The lowest BCUT2D eigenvalue weighted by Crippen LogP contribution is -2.43. The molecule has 1 aromatic rings. The molecule has 0 aromatic carbocycles. The molecule has 0 aliphatic carbocycles. The number of nitrogens with one attached hydrogen (secondary N) is 1. The van der Waals surface area contributed by atoms with Crippen molar-refractivity contribution in [3.05, 3.63) is 38.8 Å². The van der Waals surface area contributed by atoms with Gasteiger partial charge in [-0.2, -0.15) is 0 Å². The Morgan fingerprint density at radius 2 is 2.14 bits per heavy atom. The summed E-state index contributed by atoms with van der Waals surface area (Å²) in [5.74, 6) is -1.87. The molecule has 0 spiro atoms. The second-order valence-corrected chi connectivity index (χ2v) is 4.36. The van der Waals surface area contributed by atoms with Gasteiger partial charge in [-0.1, -0.05) is 13.3 Å². The van der Waals surface area contributed by atoms with Crippen molar-refractivity contribution in [3.63, 3.8) is 0 Å². The quantitative estimate of drug-likeness (QED) is 0.543. The van der Waals surface area contributed by atoms with E-state index in [4.69, 9.17) is 5.11 Å². The van der Waals surface area contributed by atoms with E-state index in [0.717, 1.165) is 22.9 Å². The zero-order valence-electron chi connectivity index (χ0n) is 11.3. The van der Waals surface area contributed by atoms with Crippen molar-refractivity contribution < 1.29 is 19.6 Å². The highest BCUT2D eigenvalue weighted by atomic mass is 16.6. The third-order valence-corrected chi connectivity index (χ3v) is 2.70. The van der Waals surface area contributed by atoms with Gasteiger partial charge >= 0.3 is 5.97 Å². The number of carboxylic acids is 1. The number of aromatic nitrogens is 1. The number of rotatable bonds is 7. The first-order chi connectivity index (χ1) is 9.85. The van der Waals surface area contributed by atoms with E-state index < -0.39 is 34.9 Å². The number of nitro groups is 1. The van der Waals surface area contributed by atoms with Crippen LogP contribution in [0.15, 0.2) is 23.1 Å². The van der Waals surface area contributed by atoms with Crippen LogP contribution in [0, 0.1) is 10.1 Å². The molecule has 1 atom stereocenters. The zero-order chi connectivity index (χ0) is 16.0. The van der Waals surface area contributed by atoms with Crippen LogP contribution in [0.1, 0.15) is 19.8 Å². The molecule has 0 bridgehead atoms. The number of pyridine rings is 1. The number of aliphatic carboxylic acids is 1. The molecule has 1 unspecified atom stereocenters. The Morgan fingerprint density at radius 3 is 2.67 bits per heavy atom. The Morgan fingerprint density at radius 1 is 1.48 bits per heavy atom. The Kier molecular flexibility index (Phi) is 5.58. The largest absolute Gasteiger partial charge is 0.480 e. The molecule has 0 saturated heterocycles. The first-order valence-electron chi connectivity index (χ1n) is 6.22. The summed E-state index contributed by atoms with van der Waals surface area (Å²) in [6, 6.07) is 0.969. The molecule has 0 aliphatic rings. The van der Waals surface area contributed by atoms with Crippen LogP contribution in [0.3, 0.4) is 0 Å². The topological polar surface area (TPSA) is 132 Å². The van der Waals surface area contributed by atoms with Crippen LogP contribution in [0.25, 0.3) is 0 Å². The van der Waals surface area contributed by atoms with Gasteiger partial charge in [0.2, 0.25) is 5.91 Å². The molecule has 9 nitrogen and oxygen atoms in total. The smallest absolute Gasteiger partial charge is 0.326 e. The van der Waals surface area contributed by atoms with E-state index in [0.29, 0.717) is 6.42 Å². The number of hydrogen-bond donors (Lipinski definition) is 2. The zero-order valence-corrected chi connectivity index (χ0v) is 11.3. The monoisotopic (exact) mass is 297 g/mol. The van der Waals surface area contributed by atoms with Gasteiger partial charge in [0.1, 0.15) is 12.6 Å². The van der Waals surface area contributed by atoms with E-state index in [9.17, 15) is 24.5 Å². The van der Waals surface area contributed by atoms with Gasteiger partial charge in [-0.3, -0.25) is 24.3 Å². The molecule has 2 N–H and O–H groups in total. The summed E-state index contributed by atoms with van der Waals surface area (Å²) in [6.45, 7) is 1.29. The normalized spacial score (nSPS) is 11.7. The summed E-state index contributed by atoms with van der Waals surface area (Å²) in [5.41, 5.74) is -0.913. The number of carbonyl (C=O) groups is 2. The van der Waals surface area contributed by atoms with Crippen LogP contribution in [-0.2, 0) is 16.1 Å². The molecular formula is C12H15N3O6. The van der Waals surface area contributed by atoms with Gasteiger partial charge in [-0.05, 0) is 6.42 Å². The van der Waals surface area contributed by atoms with Crippen LogP contribution >= 0.6 is 0 Å². The van der Waals surface area contributed by atoms with Gasteiger partial charge in [-0.25, -0.2) is 4.79 Å². The SMILES string of the molecule is CCCC(NC(=O)Cn1cc([N+](=O)[O-])ccc1=O)C(=O)O. The summed E-state index contributed by atoms with van der Waals surface area (Å²) in [6.07, 6.45) is 1.76. The Bertz CT molecular complexity index is 609. The molecule has 114 valence electrons. The fourth-order valence-electron chi connectivity index (χ4n) is 1.69. The fourth-order valence-corrected chi connectivity index (χ4v) is 1.69. The molecule has 9 heteroatoms. The van der Waals surface area contributed by atoms with Crippen molar-refractivity contribution in [1.29, 1.82) is 0 Å². The van der Waals surface area contributed by atoms with E-state index in [1.54, 1.807) is 6.92 Å². The lowest BCUT2D eigenvalue weighted by atomic mass is 10.1. The molecule has 1 aromatic heterocycles. The molecule has 0 aliphatic heterocycles. The Balaban J connectivity index is 2.83. The predicted octanol–water partition coefficient (Wildman–Crippen LogP) is 0.126. The van der Waals surface area contributed by atoms with E-state index in [-0.39, 0.29) is 12.1 Å². The highest BCUT2D eigenvalue weighted by molar-refractivity contribution is 5.83. The highest BCUT2D eigenvalue weighted by Gasteiger charge is 2.19. The second kappa shape index (κ2) is 7.17. The maximum absolute atomic E-state index is 11.7. The molecule has 0 fully saturated rings. The predicted molar refractivity (Wildman–Crippen MR) is 71.8 cm³/mol. The third-order valence-electron chi connectivity index (χ3n) is 2.70. The van der Waals surface area contributed by atoms with E-state index in [2.05, 4.69) is 5.32 Å². The van der Waals surface area contributed by atoms with Crippen molar-refractivity contribution in [2.45, 2.75) is 32.4 Å². The van der Waals surface area contributed by atoms with Gasteiger partial charge < -0.3 is 10.4 Å². The third kappa shape index (κ3) is 4.71. The number of hydrogen-bond acceptors (Lipinski definition) is 5. The van der Waals surface area contributed by atoms with Crippen LogP contribution in [-0.4, -0.2) is 32.5 Å². The van der Waals surface area contributed by atoms with Gasteiger partial charge in [0.05, 0.1) is 11.1 Å².